The maximum atomic E-state index is 13.3. The molecule has 2 aliphatic rings. The molecule has 2 aromatic carbocycles. The molecule has 7 heteroatoms. The fourth-order valence-corrected chi connectivity index (χ4v) is 4.75. The Kier molecular flexibility index (Phi) is 5.47. The van der Waals surface area contributed by atoms with Crippen LogP contribution in [0.1, 0.15) is 34.0 Å². The molecule has 2 fully saturated rings. The van der Waals surface area contributed by atoms with E-state index in [1.165, 1.54) is 5.56 Å². The van der Waals surface area contributed by atoms with Gasteiger partial charge in [0.1, 0.15) is 17.0 Å². The molecule has 6 nitrogen and oxygen atoms in total. The average Bonchev–Trinajstić information content (AvgIpc) is 3.54. The van der Waals surface area contributed by atoms with Gasteiger partial charge in [-0.3, -0.25) is 9.59 Å². The summed E-state index contributed by atoms with van der Waals surface area (Å²) >= 11 is 6.33. The minimum absolute atomic E-state index is 0.0618. The van der Waals surface area contributed by atoms with E-state index in [9.17, 15) is 9.59 Å². The standard InChI is InChI=1S/C25H24ClN3O3/c1-16-22(23(27-32-16)18-9-5-6-10-21(18)26)25(31)29-13-11-28(12-14-29)24(30)20-15-19(20)17-7-3-2-4-8-17/h2-10,19-20H,11-15H2,1H3. The Bertz CT molecular complexity index is 1150. The van der Waals surface area contributed by atoms with Gasteiger partial charge < -0.3 is 14.3 Å². The zero-order valence-corrected chi connectivity index (χ0v) is 18.6. The van der Waals surface area contributed by atoms with Crippen LogP contribution < -0.4 is 0 Å². The van der Waals surface area contributed by atoms with Crippen LogP contribution in [0.15, 0.2) is 59.1 Å². The third-order valence-corrected chi connectivity index (χ3v) is 6.75. The normalized spacial score (nSPS) is 20.3. The number of aryl methyl sites for hydroxylation is 1. The Morgan fingerprint density at radius 2 is 1.62 bits per heavy atom. The van der Waals surface area contributed by atoms with Gasteiger partial charge in [0, 0.05) is 37.7 Å². The van der Waals surface area contributed by atoms with Gasteiger partial charge in [0.05, 0.1) is 5.02 Å². The second-order valence-corrected chi connectivity index (χ2v) is 8.83. The first-order valence-electron chi connectivity index (χ1n) is 10.9. The maximum absolute atomic E-state index is 13.3. The molecule has 0 spiro atoms. The summed E-state index contributed by atoms with van der Waals surface area (Å²) in [6, 6.07) is 17.5. The van der Waals surface area contributed by atoms with Crippen molar-refractivity contribution in [2.75, 3.05) is 26.2 Å². The van der Waals surface area contributed by atoms with Crippen molar-refractivity contribution < 1.29 is 14.1 Å². The third kappa shape index (κ3) is 3.79. The number of benzene rings is 2. The highest BCUT2D eigenvalue weighted by molar-refractivity contribution is 6.33. The minimum atomic E-state index is -0.139. The van der Waals surface area contributed by atoms with Crippen molar-refractivity contribution in [2.45, 2.75) is 19.3 Å². The lowest BCUT2D eigenvalue weighted by atomic mass is 10.0. The summed E-state index contributed by atoms with van der Waals surface area (Å²) in [6.07, 6.45) is 0.906. The zero-order chi connectivity index (χ0) is 22.2. The van der Waals surface area contributed by atoms with Crippen molar-refractivity contribution in [3.8, 4) is 11.3 Å². The molecule has 2 amide bonds. The lowest BCUT2D eigenvalue weighted by Crippen LogP contribution is -2.51. The summed E-state index contributed by atoms with van der Waals surface area (Å²) < 4.78 is 5.35. The van der Waals surface area contributed by atoms with Gasteiger partial charge >= 0.3 is 0 Å². The molecule has 1 aliphatic carbocycles. The molecule has 1 aliphatic heterocycles. The fourth-order valence-electron chi connectivity index (χ4n) is 4.52. The highest BCUT2D eigenvalue weighted by Gasteiger charge is 2.46. The van der Waals surface area contributed by atoms with Gasteiger partial charge in [0.25, 0.3) is 5.91 Å². The van der Waals surface area contributed by atoms with Crippen molar-refractivity contribution >= 4 is 23.4 Å². The summed E-state index contributed by atoms with van der Waals surface area (Å²) in [4.78, 5) is 30.0. The number of aromatic nitrogens is 1. The molecule has 32 heavy (non-hydrogen) atoms. The van der Waals surface area contributed by atoms with Crippen molar-refractivity contribution in [3.05, 3.63) is 76.5 Å². The molecule has 2 unspecified atom stereocenters. The quantitative estimate of drug-likeness (QED) is 0.592. The zero-order valence-electron chi connectivity index (χ0n) is 17.8. The number of amides is 2. The van der Waals surface area contributed by atoms with E-state index in [1.54, 1.807) is 17.9 Å². The number of rotatable bonds is 4. The first kappa shape index (κ1) is 20.8. The largest absolute Gasteiger partial charge is 0.360 e. The average molecular weight is 450 g/mol. The predicted octanol–water partition coefficient (Wildman–Crippen LogP) is 4.39. The van der Waals surface area contributed by atoms with E-state index in [4.69, 9.17) is 16.1 Å². The van der Waals surface area contributed by atoms with Crippen LogP contribution in [0.3, 0.4) is 0 Å². The van der Waals surface area contributed by atoms with E-state index >= 15 is 0 Å². The topological polar surface area (TPSA) is 66.7 Å². The van der Waals surface area contributed by atoms with Crippen molar-refractivity contribution in [3.63, 3.8) is 0 Å². The van der Waals surface area contributed by atoms with Crippen LogP contribution >= 0.6 is 11.6 Å². The predicted molar refractivity (Wildman–Crippen MR) is 121 cm³/mol. The summed E-state index contributed by atoms with van der Waals surface area (Å²) in [7, 11) is 0. The fraction of sp³-hybridized carbons (Fsp3) is 0.320. The van der Waals surface area contributed by atoms with E-state index in [-0.39, 0.29) is 17.7 Å². The van der Waals surface area contributed by atoms with Gasteiger partial charge in [-0.05, 0) is 30.9 Å². The monoisotopic (exact) mass is 449 g/mol. The molecule has 0 radical (unpaired) electrons. The summed E-state index contributed by atoms with van der Waals surface area (Å²) in [5.74, 6) is 0.906. The molecule has 5 rings (SSSR count). The van der Waals surface area contributed by atoms with Gasteiger partial charge in [0.15, 0.2) is 0 Å². The molecule has 0 N–H and O–H groups in total. The highest BCUT2D eigenvalue weighted by atomic mass is 35.5. The minimum Gasteiger partial charge on any atom is -0.360 e. The van der Waals surface area contributed by atoms with Gasteiger partial charge in [0.2, 0.25) is 5.91 Å². The highest BCUT2D eigenvalue weighted by Crippen LogP contribution is 2.48. The number of piperazine rings is 1. The van der Waals surface area contributed by atoms with Crippen LogP contribution in [0, 0.1) is 12.8 Å². The molecule has 1 saturated heterocycles. The maximum Gasteiger partial charge on any atom is 0.259 e. The number of hydrogen-bond acceptors (Lipinski definition) is 4. The lowest BCUT2D eigenvalue weighted by Gasteiger charge is -2.35. The van der Waals surface area contributed by atoms with Crippen LogP contribution in [0.5, 0.6) is 0 Å². The van der Waals surface area contributed by atoms with Crippen molar-refractivity contribution in [1.82, 2.24) is 15.0 Å². The lowest BCUT2D eigenvalue weighted by molar-refractivity contribution is -0.134. The third-order valence-electron chi connectivity index (χ3n) is 6.42. The molecule has 2 heterocycles. The number of nitrogens with zero attached hydrogens (tertiary/aromatic N) is 3. The van der Waals surface area contributed by atoms with Gasteiger partial charge in [-0.2, -0.15) is 0 Å². The van der Waals surface area contributed by atoms with Crippen LogP contribution in [0.4, 0.5) is 0 Å². The molecule has 0 bridgehead atoms. The van der Waals surface area contributed by atoms with Crippen LogP contribution in [-0.2, 0) is 4.79 Å². The van der Waals surface area contributed by atoms with E-state index in [1.807, 2.05) is 41.3 Å². The van der Waals surface area contributed by atoms with Gasteiger partial charge in [-0.1, -0.05) is 65.3 Å². The number of carbonyl (C=O) groups is 2. The summed E-state index contributed by atoms with van der Waals surface area (Å²) in [6.45, 7) is 3.78. The Labute approximate surface area is 191 Å². The summed E-state index contributed by atoms with van der Waals surface area (Å²) in [5, 5.41) is 4.62. The summed E-state index contributed by atoms with van der Waals surface area (Å²) in [5.41, 5.74) is 2.79. The van der Waals surface area contributed by atoms with Crippen molar-refractivity contribution in [1.29, 1.82) is 0 Å². The molecule has 3 aromatic rings. The smallest absolute Gasteiger partial charge is 0.259 e. The number of carbonyl (C=O) groups excluding carboxylic acids is 2. The Hall–Kier alpha value is -3.12. The van der Waals surface area contributed by atoms with Crippen LogP contribution in [0.2, 0.25) is 5.02 Å². The van der Waals surface area contributed by atoms with E-state index in [2.05, 4.69) is 17.3 Å². The molecule has 1 aromatic heterocycles. The Balaban J connectivity index is 1.25. The molecular weight excluding hydrogens is 426 g/mol. The first-order chi connectivity index (χ1) is 15.5. The van der Waals surface area contributed by atoms with Crippen LogP contribution in [0.25, 0.3) is 11.3 Å². The second-order valence-electron chi connectivity index (χ2n) is 8.42. The molecule has 2 atom stereocenters. The first-order valence-corrected chi connectivity index (χ1v) is 11.3. The second kappa shape index (κ2) is 8.43. The van der Waals surface area contributed by atoms with E-state index < -0.39 is 0 Å². The Morgan fingerprint density at radius 1 is 0.969 bits per heavy atom. The number of hydrogen-bond donors (Lipinski definition) is 0. The number of halogens is 1. The van der Waals surface area contributed by atoms with Crippen molar-refractivity contribution in [2.24, 2.45) is 5.92 Å². The molecular formula is C25H24ClN3O3. The molecule has 1 saturated carbocycles. The van der Waals surface area contributed by atoms with Gasteiger partial charge in [-0.25, -0.2) is 0 Å². The van der Waals surface area contributed by atoms with E-state index in [0.29, 0.717) is 59.7 Å². The SMILES string of the molecule is Cc1onc(-c2ccccc2Cl)c1C(=O)N1CCN(C(=O)C2CC2c2ccccc2)CC1. The van der Waals surface area contributed by atoms with Gasteiger partial charge in [-0.15, -0.1) is 0 Å². The Morgan fingerprint density at radius 3 is 2.34 bits per heavy atom. The molecule has 164 valence electrons. The van der Waals surface area contributed by atoms with Crippen LogP contribution in [-0.4, -0.2) is 52.9 Å². The van der Waals surface area contributed by atoms with E-state index in [0.717, 1.165) is 6.42 Å².